The Labute approximate surface area is 232 Å². The molecule has 208 valence electrons. The molecule has 40 heavy (non-hydrogen) atoms. The molecule has 1 aliphatic heterocycles. The van der Waals surface area contributed by atoms with Gasteiger partial charge in [0.15, 0.2) is 0 Å². The number of nitrogens with zero attached hydrogens (tertiary/aromatic N) is 5. The predicted octanol–water partition coefficient (Wildman–Crippen LogP) is 4.78. The van der Waals surface area contributed by atoms with Crippen LogP contribution in [0.25, 0.3) is 33.4 Å². The summed E-state index contributed by atoms with van der Waals surface area (Å²) in [4.78, 5) is 48.4. The SMILES string of the molecule is CCNC(=O)Nc1nc2cc(-c3cnc(N4CCC(C(=O)OCC)CC4CC)nc3)cc(-c3ccccn3)c2[nH]1. The van der Waals surface area contributed by atoms with Gasteiger partial charge in [-0.25, -0.2) is 19.7 Å². The van der Waals surface area contributed by atoms with Crippen LogP contribution in [0.4, 0.5) is 16.7 Å². The van der Waals surface area contributed by atoms with Crippen LogP contribution in [-0.4, -0.2) is 62.7 Å². The molecule has 2 unspecified atom stereocenters. The molecule has 0 spiro atoms. The molecule has 5 rings (SSSR count). The van der Waals surface area contributed by atoms with Gasteiger partial charge in [0, 0.05) is 48.8 Å². The van der Waals surface area contributed by atoms with Gasteiger partial charge < -0.3 is 19.9 Å². The van der Waals surface area contributed by atoms with Crippen LogP contribution in [-0.2, 0) is 9.53 Å². The molecule has 1 aromatic carbocycles. The zero-order chi connectivity index (χ0) is 28.1. The van der Waals surface area contributed by atoms with Crippen LogP contribution in [0.15, 0.2) is 48.9 Å². The van der Waals surface area contributed by atoms with E-state index in [9.17, 15) is 9.59 Å². The van der Waals surface area contributed by atoms with Crippen molar-refractivity contribution in [2.45, 2.75) is 46.1 Å². The third kappa shape index (κ3) is 5.73. The number of aromatic nitrogens is 5. The highest BCUT2D eigenvalue weighted by atomic mass is 16.5. The van der Waals surface area contributed by atoms with Crippen molar-refractivity contribution in [3.05, 3.63) is 48.9 Å². The smallest absolute Gasteiger partial charge is 0.321 e. The second-order valence-corrected chi connectivity index (χ2v) is 9.70. The number of hydrogen-bond donors (Lipinski definition) is 3. The minimum Gasteiger partial charge on any atom is -0.466 e. The summed E-state index contributed by atoms with van der Waals surface area (Å²) in [6.07, 6.45) is 7.71. The summed E-state index contributed by atoms with van der Waals surface area (Å²) < 4.78 is 5.26. The maximum Gasteiger partial charge on any atom is 0.321 e. The topological polar surface area (TPSA) is 138 Å². The number of nitrogens with one attached hydrogen (secondary N) is 3. The lowest BCUT2D eigenvalue weighted by molar-refractivity contribution is -0.149. The van der Waals surface area contributed by atoms with Gasteiger partial charge in [0.1, 0.15) is 0 Å². The Morgan fingerprint density at radius 2 is 1.93 bits per heavy atom. The molecule has 11 nitrogen and oxygen atoms in total. The monoisotopic (exact) mass is 542 g/mol. The van der Waals surface area contributed by atoms with Crippen LogP contribution in [0, 0.1) is 5.92 Å². The number of hydrogen-bond acceptors (Lipinski definition) is 8. The largest absolute Gasteiger partial charge is 0.466 e. The highest BCUT2D eigenvalue weighted by Crippen LogP contribution is 2.34. The highest BCUT2D eigenvalue weighted by molar-refractivity contribution is 5.97. The van der Waals surface area contributed by atoms with Crippen molar-refractivity contribution in [2.75, 3.05) is 29.9 Å². The van der Waals surface area contributed by atoms with Crippen LogP contribution in [0.3, 0.4) is 0 Å². The average molecular weight is 543 g/mol. The Bertz CT molecular complexity index is 1470. The average Bonchev–Trinajstić information content (AvgIpc) is 3.39. The van der Waals surface area contributed by atoms with Gasteiger partial charge in [-0.15, -0.1) is 0 Å². The van der Waals surface area contributed by atoms with E-state index < -0.39 is 0 Å². The fraction of sp³-hybridized carbons (Fsp3) is 0.379. The van der Waals surface area contributed by atoms with Crippen molar-refractivity contribution in [1.82, 2.24) is 30.2 Å². The molecule has 4 heterocycles. The fourth-order valence-corrected chi connectivity index (χ4v) is 5.17. The molecule has 11 heteroatoms. The third-order valence-electron chi connectivity index (χ3n) is 7.14. The standard InChI is InChI=1S/C29H34N8O3/c1-4-21-13-18(26(38)40-6-3)10-12-37(21)28-32-16-20(17-33-28)19-14-22(23-9-7-8-11-31-23)25-24(15-19)34-27(35-25)36-29(39)30-5-2/h7-9,11,14-18,21H,4-6,10,12-13H2,1-3H3,(H3,30,34,35,36,39). The molecule has 1 aliphatic rings. The van der Waals surface area contributed by atoms with Crippen LogP contribution in [0.2, 0.25) is 0 Å². The normalized spacial score (nSPS) is 17.0. The van der Waals surface area contributed by atoms with E-state index in [0.717, 1.165) is 47.2 Å². The predicted molar refractivity (Wildman–Crippen MR) is 154 cm³/mol. The molecule has 0 saturated carbocycles. The minimum absolute atomic E-state index is 0.0848. The molecule has 1 saturated heterocycles. The van der Waals surface area contributed by atoms with Gasteiger partial charge in [0.2, 0.25) is 11.9 Å². The number of urea groups is 1. The number of esters is 1. The first-order valence-corrected chi connectivity index (χ1v) is 13.8. The molecule has 3 aromatic heterocycles. The first kappa shape index (κ1) is 27.0. The summed E-state index contributed by atoms with van der Waals surface area (Å²) in [5.41, 5.74) is 4.78. The molecule has 1 fully saturated rings. The highest BCUT2D eigenvalue weighted by Gasteiger charge is 2.33. The zero-order valence-electron chi connectivity index (χ0n) is 23.0. The van der Waals surface area contributed by atoms with Gasteiger partial charge in [-0.05, 0) is 62.9 Å². The molecular weight excluding hydrogens is 508 g/mol. The lowest BCUT2D eigenvalue weighted by Gasteiger charge is -2.38. The number of rotatable bonds is 8. The van der Waals surface area contributed by atoms with Gasteiger partial charge in [0.25, 0.3) is 0 Å². The van der Waals surface area contributed by atoms with E-state index in [4.69, 9.17) is 14.7 Å². The molecule has 2 atom stereocenters. The van der Waals surface area contributed by atoms with E-state index in [2.05, 4.69) is 37.4 Å². The Morgan fingerprint density at radius 1 is 1.10 bits per heavy atom. The quantitative estimate of drug-likeness (QED) is 0.271. The van der Waals surface area contributed by atoms with Crippen molar-refractivity contribution in [1.29, 1.82) is 0 Å². The summed E-state index contributed by atoms with van der Waals surface area (Å²) in [6.45, 7) is 7.42. The summed E-state index contributed by atoms with van der Waals surface area (Å²) in [7, 11) is 0. The maximum absolute atomic E-state index is 12.3. The van der Waals surface area contributed by atoms with E-state index in [1.54, 1.807) is 6.20 Å². The number of anilines is 2. The van der Waals surface area contributed by atoms with Gasteiger partial charge >= 0.3 is 12.0 Å². The van der Waals surface area contributed by atoms with Crippen molar-refractivity contribution in [3.63, 3.8) is 0 Å². The van der Waals surface area contributed by atoms with Crippen LogP contribution < -0.4 is 15.5 Å². The summed E-state index contributed by atoms with van der Waals surface area (Å²) in [6, 6.07) is 9.53. The summed E-state index contributed by atoms with van der Waals surface area (Å²) >= 11 is 0. The van der Waals surface area contributed by atoms with E-state index >= 15 is 0 Å². The molecule has 4 aromatic rings. The Balaban J connectivity index is 1.44. The van der Waals surface area contributed by atoms with Gasteiger partial charge in [0.05, 0.1) is 29.3 Å². The lowest BCUT2D eigenvalue weighted by atomic mass is 9.90. The molecule has 0 radical (unpaired) electrons. The van der Waals surface area contributed by atoms with Gasteiger partial charge in [-0.1, -0.05) is 13.0 Å². The lowest BCUT2D eigenvalue weighted by Crippen LogP contribution is -2.45. The molecule has 3 N–H and O–H groups in total. The van der Waals surface area contributed by atoms with E-state index in [1.165, 1.54) is 0 Å². The maximum atomic E-state index is 12.3. The van der Waals surface area contributed by atoms with Crippen molar-refractivity contribution >= 4 is 34.9 Å². The number of amides is 2. The van der Waals surface area contributed by atoms with Crippen LogP contribution >= 0.6 is 0 Å². The van der Waals surface area contributed by atoms with E-state index in [0.29, 0.717) is 37.1 Å². The Hall–Kier alpha value is -4.54. The second-order valence-electron chi connectivity index (χ2n) is 9.70. The number of carbonyl (C=O) groups is 2. The number of piperidine rings is 1. The number of carbonyl (C=O) groups excluding carboxylic acids is 2. The van der Waals surface area contributed by atoms with Crippen LogP contribution in [0.1, 0.15) is 40.0 Å². The van der Waals surface area contributed by atoms with Crippen LogP contribution in [0.5, 0.6) is 0 Å². The summed E-state index contributed by atoms with van der Waals surface area (Å²) in [5.74, 6) is 0.799. The Morgan fingerprint density at radius 3 is 2.62 bits per heavy atom. The minimum atomic E-state index is -0.332. The number of H-pyrrole nitrogens is 1. The number of aromatic amines is 1. The van der Waals surface area contributed by atoms with Crippen molar-refractivity contribution < 1.29 is 14.3 Å². The first-order chi connectivity index (χ1) is 19.5. The zero-order valence-corrected chi connectivity index (χ0v) is 23.0. The number of fused-ring (bicyclic) bond motifs is 1. The number of imidazole rings is 1. The molecule has 2 amide bonds. The number of pyridine rings is 1. The molecule has 0 aliphatic carbocycles. The first-order valence-electron chi connectivity index (χ1n) is 13.8. The number of ether oxygens (including phenoxy) is 1. The fourth-order valence-electron chi connectivity index (χ4n) is 5.17. The van der Waals surface area contributed by atoms with Gasteiger partial charge in [-0.3, -0.25) is 15.1 Å². The van der Waals surface area contributed by atoms with E-state index in [1.807, 2.05) is 56.6 Å². The molecule has 0 bridgehead atoms. The molecular formula is C29H34N8O3. The van der Waals surface area contributed by atoms with E-state index in [-0.39, 0.29) is 24.0 Å². The van der Waals surface area contributed by atoms with Gasteiger partial charge in [-0.2, -0.15) is 0 Å². The van der Waals surface area contributed by atoms with Crippen molar-refractivity contribution in [3.8, 4) is 22.4 Å². The third-order valence-corrected chi connectivity index (χ3v) is 7.14. The Kier molecular flexibility index (Phi) is 8.18. The number of benzene rings is 1. The van der Waals surface area contributed by atoms with Crippen molar-refractivity contribution in [2.24, 2.45) is 5.92 Å². The summed E-state index contributed by atoms with van der Waals surface area (Å²) in [5, 5.41) is 5.45. The second kappa shape index (κ2) is 12.1.